The van der Waals surface area contributed by atoms with E-state index in [1.165, 1.54) is 173 Å². The number of hydrogen-bond donors (Lipinski definition) is 9. The van der Waals surface area contributed by atoms with E-state index in [-0.39, 0.29) is 18.9 Å². The number of aliphatic hydroxyl groups excluding tert-OH is 8. The Labute approximate surface area is 529 Å². The Kier molecular flexibility index (Phi) is 52.7. The molecule has 2 saturated heterocycles. The van der Waals surface area contributed by atoms with Crippen LogP contribution in [-0.4, -0.2) is 140 Å². The number of allylic oxidation sites excluding steroid dienone is 13. The summed E-state index contributed by atoms with van der Waals surface area (Å²) in [6, 6.07) is -0.940. The van der Waals surface area contributed by atoms with E-state index in [2.05, 4.69) is 92.1 Å². The van der Waals surface area contributed by atoms with Gasteiger partial charge in [-0.05, 0) is 83.5 Å². The van der Waals surface area contributed by atoms with Crippen LogP contribution in [0.5, 0.6) is 0 Å². The highest BCUT2D eigenvalue weighted by Crippen LogP contribution is 2.30. The Bertz CT molecular complexity index is 1780. The van der Waals surface area contributed by atoms with Gasteiger partial charge in [0.15, 0.2) is 12.6 Å². The van der Waals surface area contributed by atoms with Gasteiger partial charge in [-0.15, -0.1) is 0 Å². The highest BCUT2D eigenvalue weighted by Gasteiger charge is 2.51. The molecule has 12 unspecified atom stereocenters. The highest BCUT2D eigenvalue weighted by molar-refractivity contribution is 5.76. The third-order valence-electron chi connectivity index (χ3n) is 16.8. The fourth-order valence-corrected chi connectivity index (χ4v) is 11.2. The molecule has 2 aliphatic heterocycles. The molecule has 14 heteroatoms. The first-order chi connectivity index (χ1) is 42.6. The van der Waals surface area contributed by atoms with Gasteiger partial charge >= 0.3 is 0 Å². The molecule has 1 amide bonds. The normalized spacial score (nSPS) is 23.8. The van der Waals surface area contributed by atoms with E-state index >= 15 is 0 Å². The molecule has 0 saturated carbocycles. The van der Waals surface area contributed by atoms with Gasteiger partial charge in [0.2, 0.25) is 5.91 Å². The van der Waals surface area contributed by atoms with Crippen molar-refractivity contribution in [2.75, 3.05) is 19.8 Å². The number of amides is 1. The van der Waals surface area contributed by atoms with Crippen LogP contribution in [0, 0.1) is 0 Å². The summed E-state index contributed by atoms with van der Waals surface area (Å²) in [7, 11) is 0. The van der Waals surface area contributed by atoms with Crippen molar-refractivity contribution in [1.29, 1.82) is 0 Å². The molecule has 504 valence electrons. The molecule has 87 heavy (non-hydrogen) atoms. The van der Waals surface area contributed by atoms with Gasteiger partial charge in [0.1, 0.15) is 48.8 Å². The number of rotatable bonds is 57. The van der Waals surface area contributed by atoms with Crippen LogP contribution in [0.2, 0.25) is 0 Å². The predicted molar refractivity (Wildman–Crippen MR) is 355 cm³/mol. The van der Waals surface area contributed by atoms with E-state index in [4.69, 9.17) is 18.9 Å². The molecule has 0 aromatic heterocycles. The Morgan fingerprint density at radius 1 is 0.425 bits per heavy atom. The van der Waals surface area contributed by atoms with E-state index in [9.17, 15) is 45.6 Å². The third kappa shape index (κ3) is 41.3. The zero-order chi connectivity index (χ0) is 63.1. The molecule has 0 radical (unpaired) electrons. The fraction of sp³-hybridized carbons (Fsp3) is 0.795. The number of carbonyl (C=O) groups is 1. The Morgan fingerprint density at radius 2 is 0.805 bits per heavy atom. The van der Waals surface area contributed by atoms with Crippen LogP contribution < -0.4 is 5.32 Å². The number of ether oxygens (including phenoxy) is 4. The molecule has 0 bridgehead atoms. The summed E-state index contributed by atoms with van der Waals surface area (Å²) >= 11 is 0. The number of nitrogens with one attached hydrogen (secondary N) is 1. The average Bonchev–Trinajstić information content (AvgIpc) is 3.71. The summed E-state index contributed by atoms with van der Waals surface area (Å²) in [5.74, 6) is -0.251. The maximum atomic E-state index is 13.3. The van der Waals surface area contributed by atoms with Gasteiger partial charge in [-0.1, -0.05) is 272 Å². The minimum absolute atomic E-state index is 0.251. The van der Waals surface area contributed by atoms with Gasteiger partial charge in [-0.3, -0.25) is 4.79 Å². The summed E-state index contributed by atoms with van der Waals surface area (Å²) in [5.41, 5.74) is 0. The van der Waals surface area contributed by atoms with E-state index in [0.29, 0.717) is 12.8 Å². The first-order valence-electron chi connectivity index (χ1n) is 35.3. The van der Waals surface area contributed by atoms with Crippen molar-refractivity contribution in [3.8, 4) is 0 Å². The van der Waals surface area contributed by atoms with Crippen molar-refractivity contribution in [2.24, 2.45) is 0 Å². The third-order valence-corrected chi connectivity index (χ3v) is 16.8. The zero-order valence-corrected chi connectivity index (χ0v) is 54.7. The Hall–Kier alpha value is -2.83. The molecule has 2 heterocycles. The number of hydrogen-bond acceptors (Lipinski definition) is 13. The van der Waals surface area contributed by atoms with Crippen LogP contribution in [0.3, 0.4) is 0 Å². The summed E-state index contributed by atoms with van der Waals surface area (Å²) in [6.45, 7) is 2.67. The second-order valence-corrected chi connectivity index (χ2v) is 24.6. The topological polar surface area (TPSA) is 228 Å². The van der Waals surface area contributed by atoms with Crippen molar-refractivity contribution in [2.45, 2.75) is 351 Å². The summed E-state index contributed by atoms with van der Waals surface area (Å²) in [6.07, 6.45) is 62.2. The minimum atomic E-state index is -1.79. The maximum Gasteiger partial charge on any atom is 0.220 e. The summed E-state index contributed by atoms with van der Waals surface area (Å²) < 4.78 is 22.8. The number of aliphatic hydroxyl groups is 8. The first-order valence-corrected chi connectivity index (χ1v) is 35.3. The van der Waals surface area contributed by atoms with Crippen molar-refractivity contribution in [3.05, 3.63) is 85.1 Å². The van der Waals surface area contributed by atoms with Crippen LogP contribution in [-0.2, 0) is 23.7 Å². The molecule has 12 atom stereocenters. The van der Waals surface area contributed by atoms with E-state index < -0.39 is 86.8 Å². The van der Waals surface area contributed by atoms with Crippen LogP contribution in [0.25, 0.3) is 0 Å². The molecule has 0 aromatic rings. The summed E-state index contributed by atoms with van der Waals surface area (Å²) in [5, 5.41) is 87.3. The second-order valence-electron chi connectivity index (χ2n) is 24.6. The van der Waals surface area contributed by atoms with Gasteiger partial charge in [0.05, 0.1) is 32.0 Å². The van der Waals surface area contributed by atoms with E-state index in [0.717, 1.165) is 70.6 Å². The first kappa shape index (κ1) is 80.3. The van der Waals surface area contributed by atoms with Crippen molar-refractivity contribution >= 4 is 5.91 Å². The lowest BCUT2D eigenvalue weighted by Gasteiger charge is -2.46. The van der Waals surface area contributed by atoms with Crippen LogP contribution in [0.1, 0.15) is 277 Å². The van der Waals surface area contributed by atoms with Crippen molar-refractivity contribution < 1.29 is 64.6 Å². The standard InChI is InChI=1S/C73H129NO13/c1-3-5-7-9-11-13-15-17-19-21-23-24-25-26-27-28-29-30-31-32-33-34-35-36-37-38-39-41-43-45-47-49-51-53-55-57-65(78)74-61(62(77)56-54-52-50-48-46-44-42-40-22-20-18-16-14-12-10-8-6-4-2)60-84-72-70(83)68(81)71(64(59-76)86-72)87-73-69(82)67(80)66(79)63(58-75)85-73/h5,7,11,13,17,19,22-24,40,46,48,54,56,61-64,66-73,75-77,79-83H,3-4,6,8-10,12,14-16,18,20-21,25-39,41-45,47,49-53,55,57-60H2,1-2H3,(H,74,78)/b7-5-,13-11-,19-17-,24-23-,40-22+,48-46+,56-54+. The van der Waals surface area contributed by atoms with Crippen molar-refractivity contribution in [1.82, 2.24) is 5.32 Å². The average molecular weight is 1230 g/mol. The lowest BCUT2D eigenvalue weighted by Crippen LogP contribution is -2.65. The van der Waals surface area contributed by atoms with Gasteiger partial charge in [-0.2, -0.15) is 0 Å². The molecule has 14 nitrogen and oxygen atoms in total. The molecule has 0 aliphatic carbocycles. The minimum Gasteiger partial charge on any atom is -0.394 e. The fourth-order valence-electron chi connectivity index (χ4n) is 11.2. The molecule has 2 aliphatic rings. The van der Waals surface area contributed by atoms with Gasteiger partial charge in [0, 0.05) is 6.42 Å². The van der Waals surface area contributed by atoms with Gasteiger partial charge < -0.3 is 65.1 Å². The van der Waals surface area contributed by atoms with Gasteiger partial charge in [-0.25, -0.2) is 0 Å². The zero-order valence-electron chi connectivity index (χ0n) is 54.7. The lowest BCUT2D eigenvalue weighted by atomic mass is 9.97. The molecular formula is C73H129NO13. The largest absolute Gasteiger partial charge is 0.394 e. The van der Waals surface area contributed by atoms with Crippen LogP contribution in [0.4, 0.5) is 0 Å². The maximum absolute atomic E-state index is 13.3. The van der Waals surface area contributed by atoms with Crippen molar-refractivity contribution in [3.63, 3.8) is 0 Å². The Morgan fingerprint density at radius 3 is 1.26 bits per heavy atom. The lowest BCUT2D eigenvalue weighted by molar-refractivity contribution is -0.359. The smallest absolute Gasteiger partial charge is 0.220 e. The van der Waals surface area contributed by atoms with Crippen LogP contribution in [0.15, 0.2) is 85.1 Å². The van der Waals surface area contributed by atoms with E-state index in [1.54, 1.807) is 6.08 Å². The quantitative estimate of drug-likeness (QED) is 0.0204. The molecular weight excluding hydrogens is 1100 g/mol. The molecule has 9 N–H and O–H groups in total. The molecule has 2 fully saturated rings. The second kappa shape index (κ2) is 57.1. The summed E-state index contributed by atoms with van der Waals surface area (Å²) in [4.78, 5) is 13.3. The molecule has 2 rings (SSSR count). The monoisotopic (exact) mass is 1230 g/mol. The molecule has 0 aromatic carbocycles. The highest BCUT2D eigenvalue weighted by atomic mass is 16.7. The Balaban J connectivity index is 1.63. The number of unbranched alkanes of at least 4 members (excludes halogenated alkanes) is 32. The number of carbonyl (C=O) groups excluding carboxylic acids is 1. The van der Waals surface area contributed by atoms with E-state index in [1.807, 2.05) is 6.08 Å². The SMILES string of the molecule is CC/C=C\C/C=C\C/C=C\C/C=C\CCCCCCCCCCCCCCCCCCCCCCCCC(=O)NC(COC1OC(CO)C(OC2OC(CO)C(O)C(O)C2O)C(O)C1O)C(O)/C=C/CC/C=C/CC/C=C/CCCCCCCCCC. The predicted octanol–water partition coefficient (Wildman–Crippen LogP) is 14.4. The molecule has 0 spiro atoms. The van der Waals surface area contributed by atoms with Crippen LogP contribution >= 0.6 is 0 Å². The van der Waals surface area contributed by atoms with Gasteiger partial charge in [0.25, 0.3) is 0 Å².